The van der Waals surface area contributed by atoms with Crippen molar-refractivity contribution >= 4 is 23.3 Å². The van der Waals surface area contributed by atoms with E-state index in [2.05, 4.69) is 0 Å². The highest BCUT2D eigenvalue weighted by molar-refractivity contribution is 6.42. The van der Waals surface area contributed by atoms with Crippen molar-refractivity contribution in [3.63, 3.8) is 0 Å². The zero-order chi connectivity index (χ0) is 16.4. The first kappa shape index (κ1) is 15.6. The molecule has 0 aromatic heterocycles. The van der Waals surface area contributed by atoms with Crippen LogP contribution in [0.25, 0.3) is 0 Å². The third kappa shape index (κ3) is 2.54. The molecule has 0 unspecified atom stereocenters. The van der Waals surface area contributed by atoms with E-state index < -0.39 is 34.5 Å². The maximum absolute atomic E-state index is 12.0. The zero-order valence-corrected chi connectivity index (χ0v) is 12.0. The number of nitro benzene ring substituents is 1. The van der Waals surface area contributed by atoms with Gasteiger partial charge in [-0.25, -0.2) is 0 Å². The van der Waals surface area contributed by atoms with Crippen molar-refractivity contribution in [2.75, 3.05) is 13.7 Å². The summed E-state index contributed by atoms with van der Waals surface area (Å²) in [5.41, 5.74) is 0.347. The van der Waals surface area contributed by atoms with Crippen LogP contribution >= 0.6 is 0 Å². The molecule has 0 spiro atoms. The predicted octanol–water partition coefficient (Wildman–Crippen LogP) is 0.856. The first-order valence-corrected chi connectivity index (χ1v) is 6.60. The Hall–Kier alpha value is -2.77. The Morgan fingerprint density at radius 1 is 1.32 bits per heavy atom. The monoisotopic (exact) mass is 306 g/mol. The number of esters is 1. The number of non-ortho nitro benzene ring substituents is 1. The number of ketones is 1. The van der Waals surface area contributed by atoms with E-state index in [-0.39, 0.29) is 12.3 Å². The number of carbonyl (C=O) groups is 3. The number of nitro groups is 1. The number of likely N-dealkylation sites (tertiary alicyclic amines) is 1. The van der Waals surface area contributed by atoms with Gasteiger partial charge in [-0.05, 0) is 12.5 Å². The average Bonchev–Trinajstić information content (AvgIpc) is 2.72. The molecule has 1 aromatic carbocycles. The second-order valence-corrected chi connectivity index (χ2v) is 4.80. The predicted molar refractivity (Wildman–Crippen MR) is 73.7 cm³/mol. The first-order chi connectivity index (χ1) is 10.4. The van der Waals surface area contributed by atoms with Crippen molar-refractivity contribution in [3.8, 4) is 0 Å². The highest BCUT2D eigenvalue weighted by atomic mass is 16.6. The fourth-order valence-corrected chi connectivity index (χ4v) is 2.48. The summed E-state index contributed by atoms with van der Waals surface area (Å²) in [6.45, 7) is 1.69. The molecule has 1 fully saturated rings. The lowest BCUT2D eigenvalue weighted by atomic mass is 9.93. The Morgan fingerprint density at radius 3 is 2.41 bits per heavy atom. The summed E-state index contributed by atoms with van der Waals surface area (Å²) in [5.74, 6) is -3.63. The third-order valence-corrected chi connectivity index (χ3v) is 3.53. The maximum atomic E-state index is 12.0. The quantitative estimate of drug-likeness (QED) is 0.268. The van der Waals surface area contributed by atoms with Crippen molar-refractivity contribution in [3.05, 3.63) is 39.9 Å². The van der Waals surface area contributed by atoms with Crippen LogP contribution in [0.3, 0.4) is 0 Å². The molecule has 1 amide bonds. The number of amides is 1. The Bertz CT molecular complexity index is 639. The molecular formula is C14H14N2O6. The van der Waals surface area contributed by atoms with Crippen LogP contribution in [0, 0.1) is 16.0 Å². The smallest absolute Gasteiger partial charge is 0.319 e. The Balaban J connectivity index is 2.40. The molecule has 0 bridgehead atoms. The van der Waals surface area contributed by atoms with E-state index in [1.807, 2.05) is 0 Å². The number of carbonyl (C=O) groups excluding carboxylic acids is 3. The maximum Gasteiger partial charge on any atom is 0.319 e. The molecule has 2 rings (SSSR count). The summed E-state index contributed by atoms with van der Waals surface area (Å²) in [4.78, 5) is 47.1. The van der Waals surface area contributed by atoms with Gasteiger partial charge in [0.05, 0.1) is 17.6 Å². The van der Waals surface area contributed by atoms with Gasteiger partial charge in [-0.1, -0.05) is 12.1 Å². The number of nitrogens with zero attached hydrogens (tertiary/aromatic N) is 2. The molecule has 0 radical (unpaired) electrons. The second-order valence-electron chi connectivity index (χ2n) is 4.80. The van der Waals surface area contributed by atoms with Crippen molar-refractivity contribution in [1.82, 2.24) is 4.90 Å². The van der Waals surface area contributed by atoms with Gasteiger partial charge in [0.2, 0.25) is 5.78 Å². The van der Waals surface area contributed by atoms with Gasteiger partial charge in [-0.2, -0.15) is 0 Å². The van der Waals surface area contributed by atoms with Crippen molar-refractivity contribution in [2.45, 2.75) is 13.0 Å². The minimum atomic E-state index is -1.25. The van der Waals surface area contributed by atoms with Gasteiger partial charge in [-0.3, -0.25) is 24.5 Å². The molecule has 1 heterocycles. The summed E-state index contributed by atoms with van der Waals surface area (Å²) < 4.78 is 4.86. The normalized spacial score (nSPS) is 21.1. The Morgan fingerprint density at radius 2 is 1.91 bits per heavy atom. The van der Waals surface area contributed by atoms with E-state index in [9.17, 15) is 24.5 Å². The molecule has 1 aliphatic heterocycles. The molecule has 116 valence electrons. The van der Waals surface area contributed by atoms with Crippen molar-refractivity contribution < 1.29 is 24.0 Å². The van der Waals surface area contributed by atoms with Crippen molar-refractivity contribution in [1.29, 1.82) is 0 Å². The van der Waals surface area contributed by atoms with Crippen LogP contribution in [0.2, 0.25) is 0 Å². The molecule has 0 aliphatic carbocycles. The number of benzene rings is 1. The van der Waals surface area contributed by atoms with Gasteiger partial charge in [0, 0.05) is 19.2 Å². The standard InChI is InChI=1S/C14H14N2O6/c1-3-22-14(19)10-11(15(2)13(18)12(10)17)8-4-6-9(7-5-8)16(20)21/h4-7,10-11H,3H2,1-2H3/t10-,11+/m0/s1. The number of rotatable bonds is 4. The number of ether oxygens (including phenoxy) is 1. The second kappa shape index (κ2) is 5.92. The van der Waals surface area contributed by atoms with E-state index >= 15 is 0 Å². The molecule has 22 heavy (non-hydrogen) atoms. The topological polar surface area (TPSA) is 107 Å². The summed E-state index contributed by atoms with van der Waals surface area (Å²) >= 11 is 0. The lowest BCUT2D eigenvalue weighted by Crippen LogP contribution is -2.28. The molecule has 1 aromatic rings. The first-order valence-electron chi connectivity index (χ1n) is 6.60. The van der Waals surface area contributed by atoms with E-state index in [1.165, 1.54) is 31.3 Å². The third-order valence-electron chi connectivity index (χ3n) is 3.53. The Labute approximate surface area is 125 Å². The summed E-state index contributed by atoms with van der Waals surface area (Å²) in [6, 6.07) is 4.56. The molecular weight excluding hydrogens is 292 g/mol. The van der Waals surface area contributed by atoms with E-state index in [0.717, 1.165) is 4.90 Å². The lowest BCUT2D eigenvalue weighted by Gasteiger charge is -2.22. The largest absolute Gasteiger partial charge is 0.465 e. The van der Waals surface area contributed by atoms with Crippen LogP contribution < -0.4 is 0 Å². The SMILES string of the molecule is CCOC(=O)[C@@H]1C(=O)C(=O)N(C)[C@@H]1c1ccc([N+](=O)[O-])cc1. The van der Waals surface area contributed by atoms with Gasteiger partial charge in [0.1, 0.15) is 5.92 Å². The minimum Gasteiger partial charge on any atom is -0.465 e. The number of hydrogen-bond donors (Lipinski definition) is 0. The minimum absolute atomic E-state index is 0.0908. The van der Waals surface area contributed by atoms with Crippen LogP contribution in [0.1, 0.15) is 18.5 Å². The van der Waals surface area contributed by atoms with E-state index in [1.54, 1.807) is 6.92 Å². The van der Waals surface area contributed by atoms with Gasteiger partial charge in [0.15, 0.2) is 0 Å². The highest BCUT2D eigenvalue weighted by Gasteiger charge is 2.51. The van der Waals surface area contributed by atoms with Gasteiger partial charge < -0.3 is 9.64 Å². The molecule has 1 aliphatic rings. The highest BCUT2D eigenvalue weighted by Crippen LogP contribution is 2.36. The number of hydrogen-bond acceptors (Lipinski definition) is 6. The van der Waals surface area contributed by atoms with Gasteiger partial charge >= 0.3 is 5.97 Å². The average molecular weight is 306 g/mol. The van der Waals surface area contributed by atoms with Crippen LogP contribution in [-0.4, -0.2) is 41.1 Å². The lowest BCUT2D eigenvalue weighted by molar-refractivity contribution is -0.384. The van der Waals surface area contributed by atoms with Crippen LogP contribution in [0.15, 0.2) is 24.3 Å². The molecule has 0 N–H and O–H groups in total. The van der Waals surface area contributed by atoms with Crippen LogP contribution in [-0.2, 0) is 19.1 Å². The fourth-order valence-electron chi connectivity index (χ4n) is 2.48. The van der Waals surface area contributed by atoms with Crippen molar-refractivity contribution in [2.24, 2.45) is 5.92 Å². The summed E-state index contributed by atoms with van der Waals surface area (Å²) in [5, 5.41) is 10.7. The van der Waals surface area contributed by atoms with Gasteiger partial charge in [-0.15, -0.1) is 0 Å². The molecule has 2 atom stereocenters. The number of likely N-dealkylation sites (N-methyl/N-ethyl adjacent to an activating group) is 1. The number of Topliss-reactive ketones (excluding diaryl/α,β-unsaturated/α-hetero) is 1. The van der Waals surface area contributed by atoms with E-state index in [4.69, 9.17) is 4.74 Å². The van der Waals surface area contributed by atoms with Gasteiger partial charge in [0.25, 0.3) is 11.6 Å². The molecule has 8 nitrogen and oxygen atoms in total. The fraction of sp³-hybridized carbons (Fsp3) is 0.357. The Kier molecular flexibility index (Phi) is 4.20. The summed E-state index contributed by atoms with van der Waals surface area (Å²) in [6.07, 6.45) is 0. The molecule has 8 heteroatoms. The molecule has 0 saturated carbocycles. The van der Waals surface area contributed by atoms with Crippen LogP contribution in [0.5, 0.6) is 0 Å². The molecule has 1 saturated heterocycles. The summed E-state index contributed by atoms with van der Waals surface area (Å²) in [7, 11) is 1.41. The zero-order valence-electron chi connectivity index (χ0n) is 12.0. The van der Waals surface area contributed by atoms with E-state index in [0.29, 0.717) is 5.56 Å². The van der Waals surface area contributed by atoms with Crippen LogP contribution in [0.4, 0.5) is 5.69 Å².